The third-order valence-corrected chi connectivity index (χ3v) is 11.1. The molecule has 0 aliphatic heterocycles. The van der Waals surface area contributed by atoms with Crippen LogP contribution >= 0.6 is 15.9 Å². The van der Waals surface area contributed by atoms with Crippen LogP contribution in [-0.4, -0.2) is 22.5 Å². The van der Waals surface area contributed by atoms with Crippen LogP contribution in [0.15, 0.2) is 40.9 Å². The maximum Gasteiger partial charge on any atom is 0.416 e. The number of hydrogen-bond donors (Lipinski definition) is 0. The van der Waals surface area contributed by atoms with Crippen LogP contribution in [0.4, 0.5) is 13.2 Å². The van der Waals surface area contributed by atoms with Gasteiger partial charge in [-0.05, 0) is 63.9 Å². The molecule has 0 saturated carbocycles. The van der Waals surface area contributed by atoms with Gasteiger partial charge in [0.1, 0.15) is 17.6 Å². The fourth-order valence-corrected chi connectivity index (χ4v) is 5.16. The summed E-state index contributed by atoms with van der Waals surface area (Å²) in [7, 11) is 0.410. The smallest absolute Gasteiger partial charge is 0.416 e. The van der Waals surface area contributed by atoms with Crippen molar-refractivity contribution < 1.29 is 27.1 Å². The van der Waals surface area contributed by atoms with Gasteiger partial charge in [0.15, 0.2) is 13.9 Å². The van der Waals surface area contributed by atoms with E-state index in [1.165, 1.54) is 26.4 Å². The summed E-state index contributed by atoms with van der Waals surface area (Å²) in [4.78, 5) is 0. The van der Waals surface area contributed by atoms with E-state index in [4.69, 9.17) is 13.9 Å². The summed E-state index contributed by atoms with van der Waals surface area (Å²) in [5.41, 5.74) is -1.40. The second-order valence-electron chi connectivity index (χ2n) is 9.33. The predicted molar refractivity (Wildman–Crippen MR) is 128 cm³/mol. The van der Waals surface area contributed by atoms with Crippen molar-refractivity contribution in [2.24, 2.45) is 0 Å². The number of hydrogen-bond acceptors (Lipinski definition) is 4. The van der Waals surface area contributed by atoms with Gasteiger partial charge in [-0.25, -0.2) is 0 Å². The Morgan fingerprint density at radius 3 is 1.97 bits per heavy atom. The Balaban J connectivity index is 2.78. The topological polar surface area (TPSA) is 51.5 Å². The van der Waals surface area contributed by atoms with Crippen LogP contribution in [0.3, 0.4) is 0 Å². The first-order chi connectivity index (χ1) is 15.1. The average Bonchev–Trinajstić information content (AvgIpc) is 2.71. The number of benzene rings is 2. The number of nitriles is 1. The normalized spacial score (nSPS) is 14.4. The lowest BCUT2D eigenvalue weighted by atomic mass is 9.87. The molecule has 33 heavy (non-hydrogen) atoms. The molecule has 0 radical (unpaired) electrons. The maximum atomic E-state index is 13.1. The molecular formula is C24H29BrF3NO3Si. The Hall–Kier alpha value is -2.02. The predicted octanol–water partition coefficient (Wildman–Crippen LogP) is 7.47. The second kappa shape index (κ2) is 9.69. The molecule has 4 nitrogen and oxygen atoms in total. The fraction of sp³-hybridized carbons (Fsp3) is 0.458. The quantitative estimate of drug-likeness (QED) is 0.340. The van der Waals surface area contributed by atoms with Crippen molar-refractivity contribution in [3.63, 3.8) is 0 Å². The molecule has 0 aliphatic carbocycles. The van der Waals surface area contributed by atoms with Gasteiger partial charge in [0.2, 0.25) is 0 Å². The van der Waals surface area contributed by atoms with E-state index in [0.717, 1.165) is 12.1 Å². The van der Waals surface area contributed by atoms with Gasteiger partial charge >= 0.3 is 6.18 Å². The first kappa shape index (κ1) is 27.2. The highest BCUT2D eigenvalue weighted by molar-refractivity contribution is 9.10. The molecule has 0 bridgehead atoms. The van der Waals surface area contributed by atoms with Crippen LogP contribution in [0.1, 0.15) is 37.5 Å². The molecule has 0 amide bonds. The third-order valence-electron chi connectivity index (χ3n) is 6.05. The first-order valence-electron chi connectivity index (χ1n) is 10.3. The summed E-state index contributed by atoms with van der Waals surface area (Å²) in [6.07, 6.45) is -4.43. The van der Waals surface area contributed by atoms with E-state index in [0.29, 0.717) is 27.1 Å². The third kappa shape index (κ3) is 5.73. The van der Waals surface area contributed by atoms with Gasteiger partial charge in [-0.3, -0.25) is 0 Å². The van der Waals surface area contributed by atoms with Gasteiger partial charge in [-0.15, -0.1) is 0 Å². The van der Waals surface area contributed by atoms with Crippen molar-refractivity contribution in [2.75, 3.05) is 14.2 Å². The van der Waals surface area contributed by atoms with Crippen LogP contribution in [0, 0.1) is 11.3 Å². The zero-order valence-corrected chi connectivity index (χ0v) is 22.4. The van der Waals surface area contributed by atoms with Crippen molar-refractivity contribution in [1.29, 1.82) is 5.26 Å². The van der Waals surface area contributed by atoms with Gasteiger partial charge < -0.3 is 13.9 Å². The van der Waals surface area contributed by atoms with Crippen LogP contribution in [-0.2, 0) is 22.6 Å². The first-order valence-corrected chi connectivity index (χ1v) is 14.0. The average molecular weight is 544 g/mol. The Labute approximate surface area is 202 Å². The molecule has 1 atom stereocenters. The minimum atomic E-state index is -4.45. The number of halogens is 4. The van der Waals surface area contributed by atoms with Crippen molar-refractivity contribution in [1.82, 2.24) is 0 Å². The Bertz CT molecular complexity index is 1030. The standard InChI is InChI=1S/C24H29BrF3NO3Si/c1-22(2,3)33(6,7)32-23(15-29,14-16-8-10-17(11-9-16)24(26,27)28)20-19(30-4)13-12-18(25)21(20)31-5/h8-13H,14H2,1-7H3. The summed E-state index contributed by atoms with van der Waals surface area (Å²) in [5.74, 6) is 0.767. The second-order valence-corrected chi connectivity index (χ2v) is 14.9. The van der Waals surface area contributed by atoms with Gasteiger partial charge in [0.05, 0.1) is 29.8 Å². The maximum absolute atomic E-state index is 13.1. The largest absolute Gasteiger partial charge is 0.496 e. The molecule has 1 unspecified atom stereocenters. The van der Waals surface area contributed by atoms with E-state index in [1.807, 2.05) is 13.1 Å². The van der Waals surface area contributed by atoms with Gasteiger partial charge in [0.25, 0.3) is 0 Å². The van der Waals surface area contributed by atoms with Crippen LogP contribution in [0.25, 0.3) is 0 Å². The molecule has 0 spiro atoms. The highest BCUT2D eigenvalue weighted by Gasteiger charge is 2.49. The van der Waals surface area contributed by atoms with E-state index >= 15 is 0 Å². The zero-order valence-electron chi connectivity index (χ0n) is 19.9. The summed E-state index contributed by atoms with van der Waals surface area (Å²) in [5, 5.41) is 10.3. The monoisotopic (exact) mass is 543 g/mol. The molecule has 0 fully saturated rings. The number of methoxy groups -OCH3 is 2. The molecular weight excluding hydrogens is 515 g/mol. The van der Waals surface area contributed by atoms with Crippen molar-refractivity contribution in [2.45, 2.75) is 57.1 Å². The highest BCUT2D eigenvalue weighted by Crippen LogP contribution is 2.49. The van der Waals surface area contributed by atoms with Gasteiger partial charge in [-0.2, -0.15) is 18.4 Å². The Morgan fingerprint density at radius 1 is 0.970 bits per heavy atom. The van der Waals surface area contributed by atoms with E-state index in [-0.39, 0.29) is 11.5 Å². The molecule has 0 aromatic heterocycles. The molecule has 2 aromatic rings. The number of nitrogens with zero attached hydrogens (tertiary/aromatic N) is 1. The van der Waals surface area contributed by atoms with E-state index in [2.05, 4.69) is 42.8 Å². The van der Waals surface area contributed by atoms with Crippen molar-refractivity contribution >= 4 is 24.2 Å². The molecule has 180 valence electrons. The minimum Gasteiger partial charge on any atom is -0.496 e. The van der Waals surface area contributed by atoms with Crippen molar-refractivity contribution in [3.05, 3.63) is 57.6 Å². The SMILES string of the molecule is COc1ccc(Br)c(OC)c1C(C#N)(Cc1ccc(C(F)(F)F)cc1)O[Si](C)(C)C(C)(C)C. The summed E-state index contributed by atoms with van der Waals surface area (Å²) >= 11 is 3.47. The minimum absolute atomic E-state index is 0.0112. The molecule has 2 aromatic carbocycles. The molecule has 0 heterocycles. The molecule has 0 aliphatic rings. The highest BCUT2D eigenvalue weighted by atomic mass is 79.9. The molecule has 9 heteroatoms. The summed E-state index contributed by atoms with van der Waals surface area (Å²) in [6.45, 7) is 10.2. The molecule has 2 rings (SSSR count). The van der Waals surface area contributed by atoms with E-state index in [9.17, 15) is 18.4 Å². The lowest BCUT2D eigenvalue weighted by Gasteiger charge is -2.43. The number of ether oxygens (including phenoxy) is 2. The van der Waals surface area contributed by atoms with Gasteiger partial charge in [0, 0.05) is 6.42 Å². The lowest BCUT2D eigenvalue weighted by molar-refractivity contribution is -0.137. The Morgan fingerprint density at radius 2 is 1.55 bits per heavy atom. The van der Waals surface area contributed by atoms with Crippen molar-refractivity contribution in [3.8, 4) is 17.6 Å². The molecule has 0 saturated heterocycles. The van der Waals surface area contributed by atoms with Crippen LogP contribution in [0.2, 0.25) is 18.1 Å². The van der Waals surface area contributed by atoms with Crippen LogP contribution < -0.4 is 9.47 Å². The summed E-state index contributed by atoms with van der Waals surface area (Å²) in [6, 6.07) is 10.6. The number of alkyl halides is 3. The number of rotatable bonds is 7. The molecule has 0 N–H and O–H groups in total. The lowest BCUT2D eigenvalue weighted by Crippen LogP contribution is -2.49. The van der Waals surface area contributed by atoms with E-state index in [1.54, 1.807) is 12.1 Å². The fourth-order valence-electron chi connectivity index (χ4n) is 3.27. The Kier molecular flexibility index (Phi) is 7.99. The summed E-state index contributed by atoms with van der Waals surface area (Å²) < 4.78 is 57.8. The van der Waals surface area contributed by atoms with Crippen LogP contribution in [0.5, 0.6) is 11.5 Å². The van der Waals surface area contributed by atoms with E-state index < -0.39 is 25.7 Å². The van der Waals surface area contributed by atoms with Gasteiger partial charge in [-0.1, -0.05) is 32.9 Å². The zero-order chi connectivity index (χ0) is 25.2.